The van der Waals surface area contributed by atoms with E-state index in [1.807, 2.05) is 54.6 Å². The van der Waals surface area contributed by atoms with Gasteiger partial charge < -0.3 is 18.9 Å². The molecule has 0 saturated heterocycles. The number of pyridine rings is 1. The van der Waals surface area contributed by atoms with Crippen molar-refractivity contribution in [3.8, 4) is 50.6 Å². The monoisotopic (exact) mass is 536 g/mol. The number of rotatable bonds is 8. The number of nitrogens with zero attached hydrogens (tertiary/aromatic N) is 2. The van der Waals surface area contributed by atoms with E-state index in [1.54, 1.807) is 56.2 Å². The Balaban J connectivity index is 1.81. The van der Waals surface area contributed by atoms with Gasteiger partial charge in [0.05, 0.1) is 32.6 Å². The number of fused-ring (bicyclic) bond motifs is 1. The SMILES string of the molecule is COc1ccc(-c2cc(-c3ccc(OC)cc3)c3nc(COC(C)=O)c(-c4ccc(OC)cc4)c(=O)n3c2)cc1. The van der Waals surface area contributed by atoms with Crippen LogP contribution < -0.4 is 19.8 Å². The van der Waals surface area contributed by atoms with E-state index in [9.17, 15) is 9.59 Å². The highest BCUT2D eigenvalue weighted by Gasteiger charge is 2.20. The Morgan fingerprint density at radius 3 is 1.73 bits per heavy atom. The van der Waals surface area contributed by atoms with Crippen molar-refractivity contribution in [2.75, 3.05) is 21.3 Å². The number of methoxy groups -OCH3 is 3. The van der Waals surface area contributed by atoms with Gasteiger partial charge in [0, 0.05) is 18.7 Å². The van der Waals surface area contributed by atoms with Crippen molar-refractivity contribution >= 4 is 11.6 Å². The third-order valence-electron chi connectivity index (χ3n) is 6.61. The fraction of sp³-hybridized carbons (Fsp3) is 0.156. The fourth-order valence-corrected chi connectivity index (χ4v) is 4.53. The van der Waals surface area contributed by atoms with Gasteiger partial charge in [-0.25, -0.2) is 4.98 Å². The molecule has 0 aliphatic heterocycles. The van der Waals surface area contributed by atoms with E-state index in [4.69, 9.17) is 23.9 Å². The van der Waals surface area contributed by atoms with Crippen molar-refractivity contribution < 1.29 is 23.7 Å². The average Bonchev–Trinajstić information content (AvgIpc) is 3.00. The van der Waals surface area contributed by atoms with Crippen LogP contribution in [0, 0.1) is 0 Å². The first-order valence-electron chi connectivity index (χ1n) is 12.6. The largest absolute Gasteiger partial charge is 0.497 e. The molecule has 0 aliphatic rings. The van der Waals surface area contributed by atoms with Gasteiger partial charge in [0.25, 0.3) is 5.56 Å². The maximum Gasteiger partial charge on any atom is 0.303 e. The van der Waals surface area contributed by atoms with Crippen molar-refractivity contribution in [1.29, 1.82) is 0 Å². The zero-order valence-electron chi connectivity index (χ0n) is 22.6. The molecule has 5 aromatic rings. The van der Waals surface area contributed by atoms with E-state index in [-0.39, 0.29) is 12.2 Å². The van der Waals surface area contributed by atoms with E-state index >= 15 is 0 Å². The Kier molecular flexibility index (Phi) is 7.50. The molecule has 0 N–H and O–H groups in total. The second kappa shape index (κ2) is 11.3. The highest BCUT2D eigenvalue weighted by atomic mass is 16.5. The molecule has 8 nitrogen and oxygen atoms in total. The Labute approximate surface area is 231 Å². The normalized spacial score (nSPS) is 10.8. The number of esters is 1. The number of benzene rings is 3. The molecule has 2 heterocycles. The molecule has 202 valence electrons. The first-order valence-corrected chi connectivity index (χ1v) is 12.6. The topological polar surface area (TPSA) is 88.4 Å². The highest BCUT2D eigenvalue weighted by molar-refractivity contribution is 5.84. The van der Waals surface area contributed by atoms with Crippen LogP contribution in [0.15, 0.2) is 89.9 Å². The predicted molar refractivity (Wildman–Crippen MR) is 153 cm³/mol. The second-order valence-corrected chi connectivity index (χ2v) is 9.04. The number of hydrogen-bond acceptors (Lipinski definition) is 7. The summed E-state index contributed by atoms with van der Waals surface area (Å²) in [6.45, 7) is 1.18. The smallest absolute Gasteiger partial charge is 0.303 e. The van der Waals surface area contributed by atoms with Crippen molar-refractivity contribution in [2.24, 2.45) is 0 Å². The van der Waals surface area contributed by atoms with Gasteiger partial charge in [-0.15, -0.1) is 0 Å². The number of aromatic nitrogens is 2. The Morgan fingerprint density at radius 1 is 0.725 bits per heavy atom. The summed E-state index contributed by atoms with van der Waals surface area (Å²) in [6, 6.07) is 24.3. The summed E-state index contributed by atoms with van der Waals surface area (Å²) in [6.07, 6.45) is 1.78. The molecule has 2 aromatic heterocycles. The Morgan fingerprint density at radius 2 is 1.23 bits per heavy atom. The van der Waals surface area contributed by atoms with Crippen LogP contribution in [0.25, 0.3) is 39.0 Å². The van der Waals surface area contributed by atoms with Crippen molar-refractivity contribution in [3.63, 3.8) is 0 Å². The quantitative estimate of drug-likeness (QED) is 0.232. The van der Waals surface area contributed by atoms with Gasteiger partial charge in [-0.05, 0) is 64.7 Å². The molecule has 0 spiro atoms. The molecule has 0 bridgehead atoms. The van der Waals surface area contributed by atoms with Crippen LogP contribution in [0.4, 0.5) is 0 Å². The first kappa shape index (κ1) is 26.5. The molecule has 0 radical (unpaired) electrons. The molecule has 0 amide bonds. The minimum absolute atomic E-state index is 0.148. The molecule has 0 saturated carbocycles. The van der Waals surface area contributed by atoms with Gasteiger partial charge in [0.2, 0.25) is 0 Å². The lowest BCUT2D eigenvalue weighted by Gasteiger charge is -2.16. The number of carbonyl (C=O) groups is 1. The van der Waals surface area contributed by atoms with Gasteiger partial charge >= 0.3 is 5.97 Å². The molecule has 5 rings (SSSR count). The lowest BCUT2D eigenvalue weighted by Crippen LogP contribution is -2.21. The van der Waals surface area contributed by atoms with Crippen LogP contribution in [-0.4, -0.2) is 36.7 Å². The molecular formula is C32H28N2O6. The Hall–Kier alpha value is -5.11. The summed E-state index contributed by atoms with van der Waals surface area (Å²) < 4.78 is 22.8. The summed E-state index contributed by atoms with van der Waals surface area (Å²) in [5.41, 5.74) is 4.78. The van der Waals surface area contributed by atoms with Crippen LogP contribution in [0.5, 0.6) is 17.2 Å². The lowest BCUT2D eigenvalue weighted by atomic mass is 9.99. The van der Waals surface area contributed by atoms with Crippen molar-refractivity contribution in [2.45, 2.75) is 13.5 Å². The number of carbonyl (C=O) groups excluding carboxylic acids is 1. The highest BCUT2D eigenvalue weighted by Crippen LogP contribution is 2.32. The van der Waals surface area contributed by atoms with E-state index in [1.165, 1.54) is 6.92 Å². The summed E-state index contributed by atoms with van der Waals surface area (Å²) in [5.74, 6) is 1.63. The molecule has 0 fully saturated rings. The molecule has 8 heteroatoms. The van der Waals surface area contributed by atoms with Crippen LogP contribution in [0.2, 0.25) is 0 Å². The number of hydrogen-bond donors (Lipinski definition) is 0. The predicted octanol–water partition coefficient (Wildman–Crippen LogP) is 5.78. The third-order valence-corrected chi connectivity index (χ3v) is 6.61. The maximum absolute atomic E-state index is 14.2. The average molecular weight is 537 g/mol. The summed E-state index contributed by atoms with van der Waals surface area (Å²) in [7, 11) is 4.80. The molecule has 0 atom stereocenters. The summed E-state index contributed by atoms with van der Waals surface area (Å²) >= 11 is 0. The van der Waals surface area contributed by atoms with Gasteiger partial charge in [0.15, 0.2) is 0 Å². The van der Waals surface area contributed by atoms with E-state index < -0.39 is 5.97 Å². The zero-order valence-corrected chi connectivity index (χ0v) is 22.6. The van der Waals surface area contributed by atoms with E-state index in [0.717, 1.165) is 28.0 Å². The second-order valence-electron chi connectivity index (χ2n) is 9.04. The van der Waals surface area contributed by atoms with E-state index in [2.05, 4.69) is 0 Å². The fourth-order valence-electron chi connectivity index (χ4n) is 4.53. The van der Waals surface area contributed by atoms with Crippen LogP contribution in [0.1, 0.15) is 12.6 Å². The van der Waals surface area contributed by atoms with E-state index in [0.29, 0.717) is 34.0 Å². The Bertz CT molecular complexity index is 1720. The van der Waals surface area contributed by atoms with Crippen LogP contribution in [0.3, 0.4) is 0 Å². The minimum Gasteiger partial charge on any atom is -0.497 e. The van der Waals surface area contributed by atoms with Gasteiger partial charge in [-0.3, -0.25) is 14.0 Å². The van der Waals surface area contributed by atoms with Gasteiger partial charge in [-0.2, -0.15) is 0 Å². The minimum atomic E-state index is -0.465. The van der Waals surface area contributed by atoms with Crippen LogP contribution >= 0.6 is 0 Å². The van der Waals surface area contributed by atoms with Gasteiger partial charge in [0.1, 0.15) is 29.5 Å². The molecule has 0 aliphatic carbocycles. The molecule has 0 unspecified atom stereocenters. The van der Waals surface area contributed by atoms with Crippen molar-refractivity contribution in [1.82, 2.24) is 9.38 Å². The van der Waals surface area contributed by atoms with Crippen molar-refractivity contribution in [3.05, 3.63) is 101 Å². The maximum atomic E-state index is 14.2. The van der Waals surface area contributed by atoms with Crippen LogP contribution in [-0.2, 0) is 16.1 Å². The summed E-state index contributed by atoms with van der Waals surface area (Å²) in [4.78, 5) is 30.9. The molecule has 3 aromatic carbocycles. The van der Waals surface area contributed by atoms with Gasteiger partial charge in [-0.1, -0.05) is 36.4 Å². The zero-order chi connectivity index (χ0) is 28.2. The lowest BCUT2D eigenvalue weighted by molar-refractivity contribution is -0.142. The molecule has 40 heavy (non-hydrogen) atoms. The third kappa shape index (κ3) is 5.24. The standard InChI is InChI=1S/C32H28N2O6/c1-20(35)40-19-29-30(23-9-15-27(39-4)16-10-23)32(36)34-18-24(21-5-11-25(37-2)12-6-21)17-28(31(34)33-29)22-7-13-26(38-3)14-8-22/h5-18H,19H2,1-4H3. The first-order chi connectivity index (χ1) is 19.4. The number of ether oxygens (including phenoxy) is 4. The molecular weight excluding hydrogens is 508 g/mol. The summed E-state index contributed by atoms with van der Waals surface area (Å²) in [5, 5.41) is 0.